The van der Waals surface area contributed by atoms with Gasteiger partial charge in [-0.25, -0.2) is 0 Å². The molecule has 0 aliphatic carbocycles. The lowest BCUT2D eigenvalue weighted by Gasteiger charge is -2.07. The fourth-order valence-corrected chi connectivity index (χ4v) is 1.84. The number of benzene rings is 1. The second kappa shape index (κ2) is 4.63. The normalized spacial score (nSPS) is 10.7. The Morgan fingerprint density at radius 3 is 2.81 bits per heavy atom. The first-order valence-electron chi connectivity index (χ1n) is 4.88. The van der Waals surface area contributed by atoms with Crippen LogP contribution in [0.3, 0.4) is 0 Å². The van der Waals surface area contributed by atoms with Gasteiger partial charge in [-0.2, -0.15) is 0 Å². The van der Waals surface area contributed by atoms with Gasteiger partial charge in [0.15, 0.2) is 0 Å². The van der Waals surface area contributed by atoms with Gasteiger partial charge in [0.25, 0.3) is 0 Å². The molecule has 0 N–H and O–H groups in total. The van der Waals surface area contributed by atoms with Crippen molar-refractivity contribution in [2.75, 3.05) is 7.11 Å². The van der Waals surface area contributed by atoms with Crippen LogP contribution in [0.15, 0.2) is 24.3 Å². The fraction of sp³-hybridized carbons (Fsp3) is 0.273. The van der Waals surface area contributed by atoms with Gasteiger partial charge >= 0.3 is 0 Å². The average molecular weight is 238 g/mol. The molecule has 5 heteroatoms. The van der Waals surface area contributed by atoms with Crippen LogP contribution in [0.1, 0.15) is 11.4 Å². The fourth-order valence-electron chi connectivity index (χ4n) is 1.58. The molecule has 0 amide bonds. The maximum Gasteiger partial charge on any atom is 0.229 e. The molecule has 2 rings (SSSR count). The highest BCUT2D eigenvalue weighted by atomic mass is 35.5. The zero-order valence-electron chi connectivity index (χ0n) is 9.14. The van der Waals surface area contributed by atoms with Crippen molar-refractivity contribution in [3.8, 4) is 5.69 Å². The molecular formula is C11H12ClN3O. The van der Waals surface area contributed by atoms with Crippen molar-refractivity contribution >= 4 is 11.6 Å². The SMILES string of the molecule is COCc1cccc(-n2c(C)nnc2Cl)c1. The van der Waals surface area contributed by atoms with E-state index in [0.29, 0.717) is 11.9 Å². The third-order valence-electron chi connectivity index (χ3n) is 2.27. The number of hydrogen-bond acceptors (Lipinski definition) is 3. The van der Waals surface area contributed by atoms with E-state index in [1.54, 1.807) is 11.7 Å². The number of nitrogens with zero attached hydrogens (tertiary/aromatic N) is 3. The van der Waals surface area contributed by atoms with E-state index in [-0.39, 0.29) is 0 Å². The zero-order valence-corrected chi connectivity index (χ0v) is 9.90. The molecule has 1 aromatic carbocycles. The summed E-state index contributed by atoms with van der Waals surface area (Å²) in [6, 6.07) is 7.92. The Balaban J connectivity index is 2.44. The summed E-state index contributed by atoms with van der Waals surface area (Å²) in [5.74, 6) is 0.763. The second-order valence-corrected chi connectivity index (χ2v) is 3.79. The quantitative estimate of drug-likeness (QED) is 0.823. The van der Waals surface area contributed by atoms with Crippen molar-refractivity contribution in [3.05, 3.63) is 40.9 Å². The summed E-state index contributed by atoms with van der Waals surface area (Å²) in [5, 5.41) is 8.10. The van der Waals surface area contributed by atoms with E-state index in [1.165, 1.54) is 0 Å². The maximum atomic E-state index is 5.97. The molecule has 0 aliphatic rings. The lowest BCUT2D eigenvalue weighted by atomic mass is 10.2. The van der Waals surface area contributed by atoms with Crippen molar-refractivity contribution in [2.24, 2.45) is 0 Å². The predicted molar refractivity (Wildman–Crippen MR) is 61.8 cm³/mol. The second-order valence-electron chi connectivity index (χ2n) is 3.45. The van der Waals surface area contributed by atoms with E-state index in [9.17, 15) is 0 Å². The molecule has 0 bridgehead atoms. The largest absolute Gasteiger partial charge is 0.380 e. The van der Waals surface area contributed by atoms with Crippen molar-refractivity contribution in [1.82, 2.24) is 14.8 Å². The minimum absolute atomic E-state index is 0.368. The Bertz CT molecular complexity index is 476. The minimum atomic E-state index is 0.368. The van der Waals surface area contributed by atoms with Crippen LogP contribution in [0, 0.1) is 6.92 Å². The van der Waals surface area contributed by atoms with Crippen LogP contribution in [0.2, 0.25) is 5.28 Å². The van der Waals surface area contributed by atoms with Gasteiger partial charge in [-0.1, -0.05) is 12.1 Å². The number of aryl methyl sites for hydroxylation is 1. The van der Waals surface area contributed by atoms with Gasteiger partial charge in [-0.15, -0.1) is 10.2 Å². The Labute approximate surface area is 98.8 Å². The maximum absolute atomic E-state index is 5.97. The Morgan fingerprint density at radius 1 is 1.38 bits per heavy atom. The molecule has 0 radical (unpaired) electrons. The summed E-state index contributed by atoms with van der Waals surface area (Å²) in [6.45, 7) is 2.44. The summed E-state index contributed by atoms with van der Waals surface area (Å²) in [5.41, 5.74) is 2.03. The molecule has 1 heterocycles. The third kappa shape index (κ3) is 2.08. The molecule has 1 aromatic heterocycles. The van der Waals surface area contributed by atoms with Crippen LogP contribution in [-0.4, -0.2) is 21.9 Å². The molecule has 2 aromatic rings. The molecule has 4 nitrogen and oxygen atoms in total. The summed E-state index contributed by atoms with van der Waals surface area (Å²) in [6.07, 6.45) is 0. The number of halogens is 1. The third-order valence-corrected chi connectivity index (χ3v) is 2.51. The van der Waals surface area contributed by atoms with Crippen molar-refractivity contribution < 1.29 is 4.74 Å². The molecule has 0 aliphatic heterocycles. The van der Waals surface area contributed by atoms with Crippen molar-refractivity contribution in [2.45, 2.75) is 13.5 Å². The van der Waals surface area contributed by atoms with Crippen LogP contribution in [0.25, 0.3) is 5.69 Å². The van der Waals surface area contributed by atoms with Crippen LogP contribution in [-0.2, 0) is 11.3 Å². The lowest BCUT2D eigenvalue weighted by molar-refractivity contribution is 0.185. The average Bonchev–Trinajstić information content (AvgIpc) is 2.59. The molecule has 0 saturated heterocycles. The lowest BCUT2D eigenvalue weighted by Crippen LogP contribution is -1.98. The molecule has 16 heavy (non-hydrogen) atoms. The number of hydrogen-bond donors (Lipinski definition) is 0. The van der Waals surface area contributed by atoms with Gasteiger partial charge in [-0.3, -0.25) is 4.57 Å². The topological polar surface area (TPSA) is 39.9 Å². The molecule has 0 atom stereocenters. The Hall–Kier alpha value is -1.39. The van der Waals surface area contributed by atoms with E-state index in [0.717, 1.165) is 17.1 Å². The monoisotopic (exact) mass is 237 g/mol. The van der Waals surface area contributed by atoms with Crippen LogP contribution < -0.4 is 0 Å². The van der Waals surface area contributed by atoms with E-state index < -0.39 is 0 Å². The van der Waals surface area contributed by atoms with E-state index in [1.807, 2.05) is 31.2 Å². The van der Waals surface area contributed by atoms with Crippen molar-refractivity contribution in [3.63, 3.8) is 0 Å². The predicted octanol–water partition coefficient (Wildman–Crippen LogP) is 2.38. The zero-order chi connectivity index (χ0) is 11.5. The highest BCUT2D eigenvalue weighted by Gasteiger charge is 2.08. The molecule has 0 saturated carbocycles. The summed E-state index contributed by atoms with van der Waals surface area (Å²) in [4.78, 5) is 0. The van der Waals surface area contributed by atoms with Gasteiger partial charge in [0.2, 0.25) is 5.28 Å². The number of methoxy groups -OCH3 is 1. The van der Waals surface area contributed by atoms with Crippen LogP contribution in [0.4, 0.5) is 0 Å². The first kappa shape index (κ1) is 11.1. The summed E-state index contributed by atoms with van der Waals surface area (Å²) in [7, 11) is 1.67. The van der Waals surface area contributed by atoms with Gasteiger partial charge < -0.3 is 4.74 Å². The standard InChI is InChI=1S/C11H12ClN3O/c1-8-13-14-11(12)15(8)10-5-3-4-9(6-10)7-16-2/h3-6H,7H2,1-2H3. The first-order valence-corrected chi connectivity index (χ1v) is 5.26. The molecular weight excluding hydrogens is 226 g/mol. The minimum Gasteiger partial charge on any atom is -0.380 e. The van der Waals surface area contributed by atoms with Gasteiger partial charge in [-0.05, 0) is 36.2 Å². The van der Waals surface area contributed by atoms with E-state index in [2.05, 4.69) is 10.2 Å². The smallest absolute Gasteiger partial charge is 0.229 e. The number of rotatable bonds is 3. The number of aromatic nitrogens is 3. The van der Waals surface area contributed by atoms with E-state index >= 15 is 0 Å². The molecule has 0 spiro atoms. The molecule has 0 unspecified atom stereocenters. The van der Waals surface area contributed by atoms with Gasteiger partial charge in [0.05, 0.1) is 12.3 Å². The van der Waals surface area contributed by atoms with Gasteiger partial charge in [0.1, 0.15) is 5.82 Å². The Kier molecular flexibility index (Phi) is 3.22. The highest BCUT2D eigenvalue weighted by molar-refractivity contribution is 6.28. The number of ether oxygens (including phenoxy) is 1. The highest BCUT2D eigenvalue weighted by Crippen LogP contribution is 2.17. The molecule has 0 fully saturated rings. The first-order chi connectivity index (χ1) is 7.72. The van der Waals surface area contributed by atoms with Crippen LogP contribution >= 0.6 is 11.6 Å². The van der Waals surface area contributed by atoms with E-state index in [4.69, 9.17) is 16.3 Å². The van der Waals surface area contributed by atoms with Crippen LogP contribution in [0.5, 0.6) is 0 Å². The summed E-state index contributed by atoms with van der Waals surface area (Å²) < 4.78 is 6.88. The van der Waals surface area contributed by atoms with Crippen molar-refractivity contribution in [1.29, 1.82) is 0 Å². The Morgan fingerprint density at radius 2 is 2.19 bits per heavy atom. The van der Waals surface area contributed by atoms with Gasteiger partial charge in [0, 0.05) is 7.11 Å². The summed E-state index contributed by atoms with van der Waals surface area (Å²) >= 11 is 5.97. The molecule has 84 valence electrons.